The van der Waals surface area contributed by atoms with E-state index in [1.165, 1.54) is 5.69 Å². The molecule has 27 heavy (non-hydrogen) atoms. The molecule has 2 N–H and O–H groups in total. The smallest absolute Gasteiger partial charge is 0.218 e. The van der Waals surface area contributed by atoms with Gasteiger partial charge in [0.2, 0.25) is 5.88 Å². The number of methoxy groups -OCH3 is 1. The van der Waals surface area contributed by atoms with Crippen LogP contribution in [0.1, 0.15) is 18.9 Å². The van der Waals surface area contributed by atoms with Crippen LogP contribution in [0.25, 0.3) is 0 Å². The highest BCUT2D eigenvalue weighted by molar-refractivity contribution is 14.0. The SMILES string of the molecule is CCNC(=NCc1cccnc1OC)NC1CCN(c2ccccc2)C1.I. The van der Waals surface area contributed by atoms with Gasteiger partial charge in [-0.3, -0.25) is 0 Å². The van der Waals surface area contributed by atoms with Crippen LogP contribution in [0.15, 0.2) is 53.7 Å². The van der Waals surface area contributed by atoms with Gasteiger partial charge in [-0.2, -0.15) is 0 Å². The number of halogens is 1. The van der Waals surface area contributed by atoms with Gasteiger partial charge in [-0.05, 0) is 31.5 Å². The molecule has 2 heterocycles. The summed E-state index contributed by atoms with van der Waals surface area (Å²) in [6.07, 6.45) is 2.82. The minimum atomic E-state index is 0. The lowest BCUT2D eigenvalue weighted by molar-refractivity contribution is 0.392. The van der Waals surface area contributed by atoms with Crippen molar-refractivity contribution in [2.24, 2.45) is 4.99 Å². The van der Waals surface area contributed by atoms with Crippen molar-refractivity contribution in [3.8, 4) is 5.88 Å². The third-order valence-corrected chi connectivity index (χ3v) is 4.45. The number of rotatable bonds is 6. The van der Waals surface area contributed by atoms with Crippen LogP contribution in [-0.4, -0.2) is 43.7 Å². The van der Waals surface area contributed by atoms with Crippen LogP contribution in [0.3, 0.4) is 0 Å². The van der Waals surface area contributed by atoms with Gasteiger partial charge in [-0.25, -0.2) is 9.98 Å². The Bertz CT molecular complexity index is 725. The number of ether oxygens (including phenoxy) is 1. The molecule has 1 fully saturated rings. The number of para-hydroxylation sites is 1. The van der Waals surface area contributed by atoms with Gasteiger partial charge in [0.1, 0.15) is 0 Å². The van der Waals surface area contributed by atoms with E-state index in [-0.39, 0.29) is 24.0 Å². The average molecular weight is 481 g/mol. The maximum Gasteiger partial charge on any atom is 0.218 e. The lowest BCUT2D eigenvalue weighted by Gasteiger charge is -2.20. The zero-order valence-corrected chi connectivity index (χ0v) is 18.2. The van der Waals surface area contributed by atoms with Gasteiger partial charge in [-0.1, -0.05) is 24.3 Å². The normalized spacial score (nSPS) is 16.6. The van der Waals surface area contributed by atoms with Crippen LogP contribution in [0.4, 0.5) is 5.69 Å². The number of benzene rings is 1. The maximum absolute atomic E-state index is 5.31. The minimum absolute atomic E-state index is 0. The summed E-state index contributed by atoms with van der Waals surface area (Å²) in [7, 11) is 1.63. The molecule has 1 atom stereocenters. The van der Waals surface area contributed by atoms with E-state index in [0.29, 0.717) is 18.5 Å². The number of hydrogen-bond donors (Lipinski definition) is 2. The largest absolute Gasteiger partial charge is 0.481 e. The van der Waals surface area contributed by atoms with Crippen molar-refractivity contribution >= 4 is 35.6 Å². The Labute approximate surface area is 178 Å². The summed E-state index contributed by atoms with van der Waals surface area (Å²) in [6.45, 7) is 5.46. The summed E-state index contributed by atoms with van der Waals surface area (Å²) in [4.78, 5) is 11.3. The zero-order chi connectivity index (χ0) is 18.2. The van der Waals surface area contributed by atoms with Gasteiger partial charge >= 0.3 is 0 Å². The molecule has 0 radical (unpaired) electrons. The Morgan fingerprint density at radius 2 is 2.07 bits per heavy atom. The highest BCUT2D eigenvalue weighted by Crippen LogP contribution is 2.19. The minimum Gasteiger partial charge on any atom is -0.481 e. The molecule has 1 saturated heterocycles. The molecular formula is C20H28IN5O. The molecule has 0 aliphatic carbocycles. The van der Waals surface area contributed by atoms with Crippen molar-refractivity contribution in [2.75, 3.05) is 31.6 Å². The van der Waals surface area contributed by atoms with Crippen molar-refractivity contribution < 1.29 is 4.74 Å². The standard InChI is InChI=1S/C20H27N5O.HI/c1-3-21-20(23-14-16-8-7-12-22-19(16)26-2)24-17-11-13-25(15-17)18-9-5-4-6-10-18;/h4-10,12,17H,3,11,13-15H2,1-2H3,(H2,21,23,24);1H. The summed E-state index contributed by atoms with van der Waals surface area (Å²) < 4.78 is 5.31. The Hall–Kier alpha value is -2.03. The Kier molecular flexibility index (Phi) is 8.63. The first-order valence-electron chi connectivity index (χ1n) is 9.13. The molecule has 0 spiro atoms. The molecule has 0 saturated carbocycles. The molecule has 0 amide bonds. The predicted octanol–water partition coefficient (Wildman–Crippen LogP) is 3.04. The summed E-state index contributed by atoms with van der Waals surface area (Å²) >= 11 is 0. The van der Waals surface area contributed by atoms with Gasteiger partial charge in [0.25, 0.3) is 0 Å². The van der Waals surface area contributed by atoms with Crippen molar-refractivity contribution in [1.82, 2.24) is 15.6 Å². The van der Waals surface area contributed by atoms with Crippen molar-refractivity contribution in [2.45, 2.75) is 25.9 Å². The van der Waals surface area contributed by atoms with Gasteiger partial charge < -0.3 is 20.3 Å². The zero-order valence-electron chi connectivity index (χ0n) is 15.9. The highest BCUT2D eigenvalue weighted by Gasteiger charge is 2.23. The fourth-order valence-electron chi connectivity index (χ4n) is 3.16. The van der Waals surface area contributed by atoms with Crippen LogP contribution < -0.4 is 20.3 Å². The van der Waals surface area contributed by atoms with Gasteiger partial charge in [0.05, 0.1) is 13.7 Å². The highest BCUT2D eigenvalue weighted by atomic mass is 127. The first-order valence-corrected chi connectivity index (χ1v) is 9.13. The fourth-order valence-corrected chi connectivity index (χ4v) is 3.16. The first kappa shape index (κ1) is 21.3. The van der Waals surface area contributed by atoms with E-state index in [0.717, 1.165) is 37.6 Å². The number of guanidine groups is 1. The molecule has 3 rings (SSSR count). The topological polar surface area (TPSA) is 61.8 Å². The number of nitrogens with one attached hydrogen (secondary N) is 2. The second-order valence-electron chi connectivity index (χ2n) is 6.28. The number of pyridine rings is 1. The quantitative estimate of drug-likeness (QED) is 0.378. The lowest BCUT2D eigenvalue weighted by Crippen LogP contribution is -2.44. The van der Waals surface area contributed by atoms with E-state index in [9.17, 15) is 0 Å². The molecule has 0 bridgehead atoms. The summed E-state index contributed by atoms with van der Waals surface area (Å²) in [5, 5.41) is 6.89. The number of anilines is 1. The second kappa shape index (κ2) is 11.0. The van der Waals surface area contributed by atoms with E-state index in [1.807, 2.05) is 12.1 Å². The maximum atomic E-state index is 5.31. The summed E-state index contributed by atoms with van der Waals surface area (Å²) in [5.41, 5.74) is 2.25. The monoisotopic (exact) mass is 481 g/mol. The average Bonchev–Trinajstić information content (AvgIpc) is 3.16. The fraction of sp³-hybridized carbons (Fsp3) is 0.400. The van der Waals surface area contributed by atoms with Crippen LogP contribution >= 0.6 is 24.0 Å². The Morgan fingerprint density at radius 3 is 2.81 bits per heavy atom. The third-order valence-electron chi connectivity index (χ3n) is 4.45. The Balaban J connectivity index is 0.00000261. The molecule has 1 unspecified atom stereocenters. The number of aromatic nitrogens is 1. The van der Waals surface area contributed by atoms with Gasteiger partial charge in [0, 0.05) is 43.1 Å². The van der Waals surface area contributed by atoms with Gasteiger partial charge in [0.15, 0.2) is 5.96 Å². The number of nitrogens with zero attached hydrogens (tertiary/aromatic N) is 3. The summed E-state index contributed by atoms with van der Waals surface area (Å²) in [6, 6.07) is 14.8. The van der Waals surface area contributed by atoms with Crippen molar-refractivity contribution in [3.05, 3.63) is 54.2 Å². The van der Waals surface area contributed by atoms with Crippen LogP contribution in [-0.2, 0) is 6.54 Å². The molecule has 2 aromatic rings. The molecule has 1 aromatic heterocycles. The van der Waals surface area contributed by atoms with Crippen molar-refractivity contribution in [1.29, 1.82) is 0 Å². The molecule has 1 aliphatic rings. The molecule has 1 aromatic carbocycles. The van der Waals surface area contributed by atoms with E-state index in [2.05, 4.69) is 57.8 Å². The van der Waals surface area contributed by atoms with Crippen LogP contribution in [0.5, 0.6) is 5.88 Å². The lowest BCUT2D eigenvalue weighted by atomic mass is 10.2. The number of aliphatic imine (C=N–C) groups is 1. The molecule has 146 valence electrons. The molecule has 6 nitrogen and oxygen atoms in total. The van der Waals surface area contributed by atoms with Crippen LogP contribution in [0.2, 0.25) is 0 Å². The van der Waals surface area contributed by atoms with Crippen molar-refractivity contribution in [3.63, 3.8) is 0 Å². The summed E-state index contributed by atoms with van der Waals surface area (Å²) in [5.74, 6) is 1.46. The molecular weight excluding hydrogens is 453 g/mol. The number of hydrogen-bond acceptors (Lipinski definition) is 4. The van der Waals surface area contributed by atoms with E-state index in [4.69, 9.17) is 9.73 Å². The predicted molar refractivity (Wildman–Crippen MR) is 121 cm³/mol. The third kappa shape index (κ3) is 5.98. The van der Waals surface area contributed by atoms with Crippen LogP contribution in [0, 0.1) is 0 Å². The van der Waals surface area contributed by atoms with E-state index < -0.39 is 0 Å². The Morgan fingerprint density at radius 1 is 1.26 bits per heavy atom. The second-order valence-corrected chi connectivity index (χ2v) is 6.28. The van der Waals surface area contributed by atoms with E-state index >= 15 is 0 Å². The molecule has 1 aliphatic heterocycles. The molecule has 7 heteroatoms. The van der Waals surface area contributed by atoms with E-state index in [1.54, 1.807) is 13.3 Å². The van der Waals surface area contributed by atoms with Gasteiger partial charge in [-0.15, -0.1) is 24.0 Å². The first-order chi connectivity index (χ1) is 12.8.